The molecule has 0 saturated carbocycles. The third kappa shape index (κ3) is 2.00. The summed E-state index contributed by atoms with van der Waals surface area (Å²) in [6, 6.07) is 2.05. The summed E-state index contributed by atoms with van der Waals surface area (Å²) >= 11 is 3.52. The van der Waals surface area contributed by atoms with E-state index in [9.17, 15) is 5.11 Å². The Morgan fingerprint density at radius 1 is 1.36 bits per heavy atom. The highest BCUT2D eigenvalue weighted by Crippen LogP contribution is 2.44. The van der Waals surface area contributed by atoms with E-state index in [1.165, 1.54) is 0 Å². The summed E-state index contributed by atoms with van der Waals surface area (Å²) in [5.74, 6) is 1.99. The molecule has 0 radical (unpaired) electrons. The molecule has 1 nitrogen and oxygen atoms in total. The highest BCUT2D eigenvalue weighted by Gasteiger charge is 2.40. The molecule has 0 aliphatic carbocycles. The first-order valence-electron chi connectivity index (χ1n) is 4.85. The molecule has 1 fully saturated rings. The largest absolute Gasteiger partial charge is 0.384 e. The molecular weight excluding hydrogens is 212 g/mol. The lowest BCUT2D eigenvalue weighted by Crippen LogP contribution is -2.39. The SMILES string of the molecule is CC1(C)CSCC(O)(c2ccsc2)C1. The number of thioether (sulfide) groups is 1. The number of hydrogen-bond donors (Lipinski definition) is 1. The lowest BCUT2D eigenvalue weighted by atomic mass is 9.79. The van der Waals surface area contributed by atoms with Crippen molar-refractivity contribution in [1.29, 1.82) is 0 Å². The van der Waals surface area contributed by atoms with Gasteiger partial charge in [0.05, 0.1) is 5.60 Å². The quantitative estimate of drug-likeness (QED) is 0.797. The number of hydrogen-bond acceptors (Lipinski definition) is 3. The standard InChI is InChI=1S/C11H16OS2/c1-10(2)6-11(12,8-14-7-10)9-3-4-13-5-9/h3-5,12H,6-8H2,1-2H3. The zero-order valence-corrected chi connectivity index (χ0v) is 10.3. The topological polar surface area (TPSA) is 20.2 Å². The first-order chi connectivity index (χ1) is 6.52. The van der Waals surface area contributed by atoms with Crippen LogP contribution in [0.4, 0.5) is 0 Å². The molecule has 0 spiro atoms. The van der Waals surface area contributed by atoms with Crippen molar-refractivity contribution in [2.45, 2.75) is 25.9 Å². The van der Waals surface area contributed by atoms with Gasteiger partial charge in [0.25, 0.3) is 0 Å². The van der Waals surface area contributed by atoms with E-state index in [0.717, 1.165) is 23.5 Å². The Bertz CT molecular complexity index is 305. The Kier molecular flexibility index (Phi) is 2.66. The van der Waals surface area contributed by atoms with E-state index in [4.69, 9.17) is 0 Å². The molecule has 1 unspecified atom stereocenters. The average Bonchev–Trinajstić information content (AvgIpc) is 2.52. The van der Waals surface area contributed by atoms with Crippen LogP contribution in [-0.4, -0.2) is 16.6 Å². The van der Waals surface area contributed by atoms with Gasteiger partial charge in [-0.1, -0.05) is 13.8 Å². The van der Waals surface area contributed by atoms with Crippen LogP contribution < -0.4 is 0 Å². The van der Waals surface area contributed by atoms with Crippen molar-refractivity contribution in [1.82, 2.24) is 0 Å². The van der Waals surface area contributed by atoms with Gasteiger partial charge in [-0.15, -0.1) is 0 Å². The first kappa shape index (κ1) is 10.5. The summed E-state index contributed by atoms with van der Waals surface area (Å²) in [6.45, 7) is 4.47. The van der Waals surface area contributed by atoms with Crippen LogP contribution in [0.5, 0.6) is 0 Å². The van der Waals surface area contributed by atoms with Crippen LogP contribution in [0, 0.1) is 5.41 Å². The van der Waals surface area contributed by atoms with Crippen LogP contribution >= 0.6 is 23.1 Å². The maximum Gasteiger partial charge on any atom is 0.0999 e. The molecule has 1 aliphatic heterocycles. The third-order valence-electron chi connectivity index (χ3n) is 2.66. The van der Waals surface area contributed by atoms with Crippen LogP contribution in [0.15, 0.2) is 16.8 Å². The number of aliphatic hydroxyl groups is 1. The van der Waals surface area contributed by atoms with E-state index in [0.29, 0.717) is 0 Å². The maximum atomic E-state index is 10.6. The molecule has 1 atom stereocenters. The summed E-state index contributed by atoms with van der Waals surface area (Å²) < 4.78 is 0. The molecular formula is C11H16OS2. The Morgan fingerprint density at radius 2 is 2.14 bits per heavy atom. The molecule has 1 N–H and O–H groups in total. The van der Waals surface area contributed by atoms with Crippen molar-refractivity contribution in [2.24, 2.45) is 5.41 Å². The van der Waals surface area contributed by atoms with Gasteiger partial charge in [-0.25, -0.2) is 0 Å². The minimum atomic E-state index is -0.591. The molecule has 1 aromatic rings. The number of rotatable bonds is 1. The summed E-state index contributed by atoms with van der Waals surface area (Å²) in [6.07, 6.45) is 0.879. The molecule has 1 saturated heterocycles. The molecule has 14 heavy (non-hydrogen) atoms. The summed E-state index contributed by atoms with van der Waals surface area (Å²) in [7, 11) is 0. The first-order valence-corrected chi connectivity index (χ1v) is 6.94. The highest BCUT2D eigenvalue weighted by atomic mass is 32.2. The molecule has 3 heteroatoms. The Hall–Kier alpha value is 0.01000. The van der Waals surface area contributed by atoms with Crippen LogP contribution in [0.25, 0.3) is 0 Å². The molecule has 0 aromatic carbocycles. The Morgan fingerprint density at radius 3 is 2.71 bits per heavy atom. The fraction of sp³-hybridized carbons (Fsp3) is 0.636. The van der Waals surface area contributed by atoms with Gasteiger partial charge in [-0.2, -0.15) is 23.1 Å². The van der Waals surface area contributed by atoms with Crippen molar-refractivity contribution in [2.75, 3.05) is 11.5 Å². The fourth-order valence-electron chi connectivity index (χ4n) is 2.10. The Balaban J connectivity index is 2.24. The molecule has 0 amide bonds. The van der Waals surface area contributed by atoms with Crippen molar-refractivity contribution < 1.29 is 5.11 Å². The van der Waals surface area contributed by atoms with E-state index in [-0.39, 0.29) is 5.41 Å². The van der Waals surface area contributed by atoms with Crippen LogP contribution in [0.1, 0.15) is 25.8 Å². The van der Waals surface area contributed by atoms with Crippen molar-refractivity contribution >= 4 is 23.1 Å². The second-order valence-corrected chi connectivity index (χ2v) is 6.64. The molecule has 0 bridgehead atoms. The van der Waals surface area contributed by atoms with E-state index < -0.39 is 5.60 Å². The lowest BCUT2D eigenvalue weighted by molar-refractivity contribution is 0.0160. The second-order valence-electron chi connectivity index (χ2n) is 4.88. The van der Waals surface area contributed by atoms with E-state index in [2.05, 4.69) is 19.2 Å². The molecule has 2 heterocycles. The average molecular weight is 228 g/mol. The van der Waals surface area contributed by atoms with Gasteiger partial charge >= 0.3 is 0 Å². The van der Waals surface area contributed by atoms with Crippen LogP contribution in [-0.2, 0) is 5.60 Å². The summed E-state index contributed by atoms with van der Waals surface area (Å²) in [4.78, 5) is 0. The highest BCUT2D eigenvalue weighted by molar-refractivity contribution is 7.99. The van der Waals surface area contributed by atoms with Gasteiger partial charge < -0.3 is 5.11 Å². The predicted molar refractivity (Wildman–Crippen MR) is 63.9 cm³/mol. The van der Waals surface area contributed by atoms with Crippen LogP contribution in [0.3, 0.4) is 0 Å². The predicted octanol–water partition coefficient (Wildman–Crippen LogP) is 3.10. The summed E-state index contributed by atoms with van der Waals surface area (Å²) in [5.41, 5.74) is 0.759. The van der Waals surface area contributed by atoms with Crippen molar-refractivity contribution in [3.63, 3.8) is 0 Å². The lowest BCUT2D eigenvalue weighted by Gasteiger charge is -2.40. The maximum absolute atomic E-state index is 10.6. The van der Waals surface area contributed by atoms with Gasteiger partial charge in [-0.3, -0.25) is 0 Å². The minimum absolute atomic E-state index is 0.250. The smallest absolute Gasteiger partial charge is 0.0999 e. The Labute approximate surface area is 93.5 Å². The van der Waals surface area contributed by atoms with Gasteiger partial charge in [0, 0.05) is 5.75 Å². The zero-order chi connectivity index (χ0) is 10.2. The van der Waals surface area contributed by atoms with Gasteiger partial charge in [0.15, 0.2) is 0 Å². The molecule has 78 valence electrons. The van der Waals surface area contributed by atoms with Crippen molar-refractivity contribution in [3.8, 4) is 0 Å². The normalized spacial score (nSPS) is 31.6. The van der Waals surface area contributed by atoms with Crippen LogP contribution in [0.2, 0.25) is 0 Å². The zero-order valence-electron chi connectivity index (χ0n) is 8.62. The molecule has 1 aliphatic rings. The van der Waals surface area contributed by atoms with Gasteiger partial charge in [-0.05, 0) is 40.0 Å². The molecule has 2 rings (SSSR count). The van der Waals surface area contributed by atoms with E-state index >= 15 is 0 Å². The number of thiophene rings is 1. The van der Waals surface area contributed by atoms with Crippen molar-refractivity contribution in [3.05, 3.63) is 22.4 Å². The van der Waals surface area contributed by atoms with E-state index in [1.54, 1.807) is 11.3 Å². The fourth-order valence-corrected chi connectivity index (χ4v) is 4.22. The second kappa shape index (κ2) is 3.54. The molecule has 1 aromatic heterocycles. The van der Waals surface area contributed by atoms with Gasteiger partial charge in [0.2, 0.25) is 0 Å². The third-order valence-corrected chi connectivity index (χ3v) is 5.01. The monoisotopic (exact) mass is 228 g/mol. The summed E-state index contributed by atoms with van der Waals surface area (Å²) in [5, 5.41) is 14.7. The minimum Gasteiger partial charge on any atom is -0.384 e. The van der Waals surface area contributed by atoms with Gasteiger partial charge in [0.1, 0.15) is 0 Å². The van der Waals surface area contributed by atoms with E-state index in [1.807, 2.05) is 23.2 Å².